The zero-order valence-electron chi connectivity index (χ0n) is 16.9. The molecule has 1 aromatic carbocycles. The van der Waals surface area contributed by atoms with Crippen molar-refractivity contribution in [2.45, 2.75) is 38.4 Å². The van der Waals surface area contributed by atoms with Crippen LogP contribution in [0.25, 0.3) is 0 Å². The summed E-state index contributed by atoms with van der Waals surface area (Å²) in [5.41, 5.74) is 5.29. The maximum atomic E-state index is 12.9. The number of primary amides is 1. The summed E-state index contributed by atoms with van der Waals surface area (Å²) in [5, 5.41) is 6.83. The lowest BCUT2D eigenvalue weighted by molar-refractivity contribution is -0.113. The average Bonchev–Trinajstić information content (AvgIpc) is 3.27. The van der Waals surface area contributed by atoms with Crippen molar-refractivity contribution >= 4 is 18.2 Å². The van der Waals surface area contributed by atoms with Crippen LogP contribution in [0.15, 0.2) is 30.6 Å². The number of hydrogen-bond donors (Lipinski definition) is 2. The average molecular weight is 399 g/mol. The maximum Gasteiger partial charge on any atom is 0.313 e. The van der Waals surface area contributed by atoms with Crippen LogP contribution in [0.2, 0.25) is 0 Å². The molecule has 0 bridgehead atoms. The van der Waals surface area contributed by atoms with Gasteiger partial charge in [0.2, 0.25) is 0 Å². The number of aldehydes is 1. The number of amides is 3. The first-order valence-corrected chi connectivity index (χ1v) is 9.15. The van der Waals surface area contributed by atoms with Crippen LogP contribution in [0, 0.1) is 0 Å². The molecule has 0 radical (unpaired) electrons. The van der Waals surface area contributed by atoms with Crippen LogP contribution >= 0.6 is 0 Å². The standard InChI is InChI=1S/C20H25N5O4/c1-19(2,3)25-10-14(8-22-25)20(12-26,23-18(21)28)11-24-9-13-5-6-15(29-4)7-16(13)17(24)27/h5-8,10,12H,9,11H2,1-4H3,(H3,21,23,28)/t20-/m1/s1. The quantitative estimate of drug-likeness (QED) is 0.711. The maximum absolute atomic E-state index is 12.9. The fourth-order valence-electron chi connectivity index (χ4n) is 3.37. The first-order chi connectivity index (χ1) is 13.6. The molecule has 1 aromatic heterocycles. The summed E-state index contributed by atoms with van der Waals surface area (Å²) < 4.78 is 6.88. The van der Waals surface area contributed by atoms with Crippen LogP contribution in [0.3, 0.4) is 0 Å². The Morgan fingerprint density at radius 1 is 1.38 bits per heavy atom. The van der Waals surface area contributed by atoms with E-state index < -0.39 is 11.6 Å². The molecule has 9 nitrogen and oxygen atoms in total. The highest BCUT2D eigenvalue weighted by molar-refractivity contribution is 5.99. The molecular formula is C20H25N5O4. The number of rotatable bonds is 6. The highest BCUT2D eigenvalue weighted by Gasteiger charge is 2.41. The molecule has 3 amide bonds. The van der Waals surface area contributed by atoms with Crippen LogP contribution in [0.1, 0.15) is 42.3 Å². The predicted octanol–water partition coefficient (Wildman–Crippen LogP) is 1.37. The Morgan fingerprint density at radius 2 is 2.10 bits per heavy atom. The number of benzene rings is 1. The molecule has 29 heavy (non-hydrogen) atoms. The first kappa shape index (κ1) is 20.4. The highest BCUT2D eigenvalue weighted by Crippen LogP contribution is 2.30. The molecule has 1 aliphatic rings. The number of nitrogens with zero attached hydrogens (tertiary/aromatic N) is 3. The molecule has 9 heteroatoms. The van der Waals surface area contributed by atoms with Gasteiger partial charge in [-0.05, 0) is 38.5 Å². The number of methoxy groups -OCH3 is 1. The van der Waals surface area contributed by atoms with Crippen LogP contribution in [-0.2, 0) is 22.4 Å². The molecule has 1 aliphatic heterocycles. The second kappa shape index (κ2) is 7.23. The Hall–Kier alpha value is -3.36. The van der Waals surface area contributed by atoms with Gasteiger partial charge in [-0.15, -0.1) is 0 Å². The van der Waals surface area contributed by atoms with Gasteiger partial charge < -0.3 is 25.5 Å². The van der Waals surface area contributed by atoms with Gasteiger partial charge >= 0.3 is 6.03 Å². The Labute approximate surface area is 168 Å². The van der Waals surface area contributed by atoms with Gasteiger partial charge in [0.15, 0.2) is 6.29 Å². The monoisotopic (exact) mass is 399 g/mol. The number of fused-ring (bicyclic) bond motifs is 1. The zero-order valence-corrected chi connectivity index (χ0v) is 16.9. The largest absolute Gasteiger partial charge is 0.497 e. The lowest BCUT2D eigenvalue weighted by Gasteiger charge is -2.32. The number of carbonyl (C=O) groups excluding carboxylic acids is 3. The van der Waals surface area contributed by atoms with Gasteiger partial charge in [0.05, 0.1) is 25.4 Å². The normalized spacial score (nSPS) is 15.6. The second-order valence-corrected chi connectivity index (χ2v) is 8.11. The van der Waals surface area contributed by atoms with Crippen molar-refractivity contribution in [1.29, 1.82) is 0 Å². The van der Waals surface area contributed by atoms with E-state index in [0.29, 0.717) is 29.7 Å². The number of hydrogen-bond acceptors (Lipinski definition) is 5. The van der Waals surface area contributed by atoms with Crippen LogP contribution in [-0.4, -0.2) is 46.6 Å². The van der Waals surface area contributed by atoms with E-state index >= 15 is 0 Å². The number of carbonyl (C=O) groups is 3. The van der Waals surface area contributed by atoms with E-state index in [9.17, 15) is 14.4 Å². The van der Waals surface area contributed by atoms with Crippen LogP contribution < -0.4 is 15.8 Å². The van der Waals surface area contributed by atoms with Gasteiger partial charge in [0, 0.05) is 23.9 Å². The SMILES string of the molecule is COc1ccc2c(c1)C(=O)N(C[C@](C=O)(NC(N)=O)c1cnn(C(C)(C)C)c1)C2. The van der Waals surface area contributed by atoms with Gasteiger partial charge in [-0.2, -0.15) is 5.10 Å². The van der Waals surface area contributed by atoms with Crippen molar-refractivity contribution in [1.82, 2.24) is 20.0 Å². The third-order valence-corrected chi connectivity index (χ3v) is 4.97. The summed E-state index contributed by atoms with van der Waals surface area (Å²) in [6.45, 7) is 6.11. The summed E-state index contributed by atoms with van der Waals surface area (Å²) in [6, 6.07) is 4.39. The number of nitrogens with one attached hydrogen (secondary N) is 1. The Kier molecular flexibility index (Phi) is 5.08. The highest BCUT2D eigenvalue weighted by atomic mass is 16.5. The molecule has 2 heterocycles. The molecule has 3 rings (SSSR count). The minimum absolute atomic E-state index is 0.0783. The smallest absolute Gasteiger partial charge is 0.313 e. The van der Waals surface area contributed by atoms with Gasteiger partial charge in [-0.25, -0.2) is 4.79 Å². The third-order valence-electron chi connectivity index (χ3n) is 4.97. The second-order valence-electron chi connectivity index (χ2n) is 8.11. The molecule has 0 aliphatic carbocycles. The van der Waals surface area contributed by atoms with E-state index in [0.717, 1.165) is 5.56 Å². The summed E-state index contributed by atoms with van der Waals surface area (Å²) in [5.74, 6) is 0.321. The Balaban J connectivity index is 1.96. The molecule has 0 saturated carbocycles. The van der Waals surface area contributed by atoms with Gasteiger partial charge in [0.25, 0.3) is 5.91 Å². The van der Waals surface area contributed by atoms with Crippen molar-refractivity contribution in [3.05, 3.63) is 47.3 Å². The molecular weight excluding hydrogens is 374 g/mol. The Bertz CT molecular complexity index is 962. The van der Waals surface area contributed by atoms with E-state index in [-0.39, 0.29) is 18.0 Å². The van der Waals surface area contributed by atoms with Crippen molar-refractivity contribution in [3.63, 3.8) is 0 Å². The van der Waals surface area contributed by atoms with Crippen molar-refractivity contribution < 1.29 is 19.1 Å². The van der Waals surface area contributed by atoms with Gasteiger partial charge in [0.1, 0.15) is 11.3 Å². The molecule has 3 N–H and O–H groups in total. The predicted molar refractivity (Wildman–Crippen MR) is 105 cm³/mol. The molecule has 1 atom stereocenters. The molecule has 2 aromatic rings. The Morgan fingerprint density at radius 3 is 2.66 bits per heavy atom. The van der Waals surface area contributed by atoms with E-state index in [1.165, 1.54) is 18.2 Å². The van der Waals surface area contributed by atoms with Crippen LogP contribution in [0.5, 0.6) is 5.75 Å². The molecule has 0 fully saturated rings. The molecule has 154 valence electrons. The molecule has 0 saturated heterocycles. The summed E-state index contributed by atoms with van der Waals surface area (Å²) in [6.07, 6.45) is 3.78. The number of urea groups is 1. The van der Waals surface area contributed by atoms with Gasteiger partial charge in [-0.1, -0.05) is 6.07 Å². The minimum atomic E-state index is -1.52. The van der Waals surface area contributed by atoms with Crippen molar-refractivity contribution in [2.75, 3.05) is 13.7 Å². The number of ether oxygens (including phenoxy) is 1. The minimum Gasteiger partial charge on any atom is -0.497 e. The van der Waals surface area contributed by atoms with E-state index in [1.54, 1.807) is 23.0 Å². The van der Waals surface area contributed by atoms with E-state index in [2.05, 4.69) is 10.4 Å². The molecule has 0 spiro atoms. The van der Waals surface area contributed by atoms with Crippen molar-refractivity contribution in [2.24, 2.45) is 5.73 Å². The van der Waals surface area contributed by atoms with Gasteiger partial charge in [-0.3, -0.25) is 9.48 Å². The van der Waals surface area contributed by atoms with Crippen molar-refractivity contribution in [3.8, 4) is 5.75 Å². The number of nitrogens with two attached hydrogens (primary N) is 1. The fourth-order valence-corrected chi connectivity index (χ4v) is 3.37. The zero-order chi connectivity index (χ0) is 21.4. The first-order valence-electron chi connectivity index (χ1n) is 9.15. The van der Waals surface area contributed by atoms with E-state index in [1.807, 2.05) is 26.8 Å². The summed E-state index contributed by atoms with van der Waals surface area (Å²) in [4.78, 5) is 38.4. The fraction of sp³-hybridized carbons (Fsp3) is 0.400. The topological polar surface area (TPSA) is 120 Å². The molecule has 0 unspecified atom stereocenters. The summed E-state index contributed by atoms with van der Waals surface area (Å²) >= 11 is 0. The number of aromatic nitrogens is 2. The van der Waals surface area contributed by atoms with E-state index in [4.69, 9.17) is 10.5 Å². The third kappa shape index (κ3) is 3.80. The summed E-state index contributed by atoms with van der Waals surface area (Å²) in [7, 11) is 1.53. The van der Waals surface area contributed by atoms with Crippen LogP contribution in [0.4, 0.5) is 4.79 Å². The lowest BCUT2D eigenvalue weighted by atomic mass is 9.93. The lowest BCUT2D eigenvalue weighted by Crippen LogP contribution is -2.56.